The van der Waals surface area contributed by atoms with Gasteiger partial charge in [0.05, 0.1) is 6.54 Å². The zero-order valence-electron chi connectivity index (χ0n) is 8.59. The predicted molar refractivity (Wildman–Crippen MR) is 50.2 cm³/mol. The van der Waals surface area contributed by atoms with Crippen LogP contribution in [0.15, 0.2) is 0 Å². The first-order valence-corrected chi connectivity index (χ1v) is 4.79. The largest absolute Gasteiger partial charge is 0.303 e. The van der Waals surface area contributed by atoms with Crippen LogP contribution < -0.4 is 0 Å². The van der Waals surface area contributed by atoms with Crippen LogP contribution in [0.1, 0.15) is 26.7 Å². The third kappa shape index (κ3) is 3.01. The molecule has 1 radical (unpaired) electrons. The van der Waals surface area contributed by atoms with Crippen LogP contribution in [0.5, 0.6) is 0 Å². The number of hydrogen-bond donors (Lipinski definition) is 0. The number of likely N-dealkylation sites (tertiary alicyclic amines) is 1. The van der Waals surface area contributed by atoms with Gasteiger partial charge < -0.3 is 4.79 Å². The number of alkyl halides is 2. The van der Waals surface area contributed by atoms with Gasteiger partial charge in [-0.15, -0.1) is 0 Å². The lowest BCUT2D eigenvalue weighted by atomic mass is 10.1. The van der Waals surface area contributed by atoms with Gasteiger partial charge in [0.2, 0.25) is 0 Å². The molecule has 0 spiro atoms. The Morgan fingerprint density at radius 1 is 1.57 bits per heavy atom. The van der Waals surface area contributed by atoms with Gasteiger partial charge in [-0.25, -0.2) is 8.78 Å². The molecule has 0 aromatic carbocycles. The molecule has 81 valence electrons. The SMILES string of the molecule is C[C](C)CN1CC(F)(F)CC1CC=O. The highest BCUT2D eigenvalue weighted by Crippen LogP contribution is 2.33. The summed E-state index contributed by atoms with van der Waals surface area (Å²) in [5.74, 6) is -1.53. The maximum atomic E-state index is 13.1. The number of halogens is 2. The van der Waals surface area contributed by atoms with Crippen molar-refractivity contribution in [2.75, 3.05) is 13.1 Å². The van der Waals surface area contributed by atoms with Gasteiger partial charge in [-0.05, 0) is 5.92 Å². The van der Waals surface area contributed by atoms with E-state index < -0.39 is 5.92 Å². The van der Waals surface area contributed by atoms with Gasteiger partial charge in [-0.3, -0.25) is 4.90 Å². The summed E-state index contributed by atoms with van der Waals surface area (Å²) in [6, 6.07) is -0.280. The molecule has 1 rings (SSSR count). The van der Waals surface area contributed by atoms with E-state index in [0.29, 0.717) is 6.54 Å². The molecule has 1 aliphatic heterocycles. The monoisotopic (exact) mass is 204 g/mol. The fourth-order valence-corrected chi connectivity index (χ4v) is 1.90. The summed E-state index contributed by atoms with van der Waals surface area (Å²) < 4.78 is 26.1. The molecule has 1 atom stereocenters. The summed E-state index contributed by atoms with van der Waals surface area (Å²) in [5, 5.41) is 0. The minimum atomic E-state index is -2.62. The lowest BCUT2D eigenvalue weighted by Crippen LogP contribution is -2.33. The van der Waals surface area contributed by atoms with Gasteiger partial charge >= 0.3 is 0 Å². The van der Waals surface area contributed by atoms with Crippen LogP contribution in [0.25, 0.3) is 0 Å². The van der Waals surface area contributed by atoms with Crippen molar-refractivity contribution in [2.24, 2.45) is 0 Å². The molecule has 0 aliphatic carbocycles. The van der Waals surface area contributed by atoms with Crippen LogP contribution in [0.2, 0.25) is 0 Å². The van der Waals surface area contributed by atoms with E-state index in [1.807, 2.05) is 13.8 Å². The zero-order chi connectivity index (χ0) is 10.8. The topological polar surface area (TPSA) is 20.3 Å². The van der Waals surface area contributed by atoms with E-state index in [0.717, 1.165) is 12.2 Å². The van der Waals surface area contributed by atoms with Gasteiger partial charge in [0.25, 0.3) is 5.92 Å². The Balaban J connectivity index is 2.57. The van der Waals surface area contributed by atoms with Crippen LogP contribution in [0.3, 0.4) is 0 Å². The summed E-state index contributed by atoms with van der Waals surface area (Å²) in [6.07, 6.45) is 0.756. The number of aldehydes is 1. The Hall–Kier alpha value is -0.510. The first kappa shape index (κ1) is 11.6. The number of carbonyl (C=O) groups is 1. The molecule has 0 aromatic heterocycles. The van der Waals surface area contributed by atoms with Gasteiger partial charge in [-0.2, -0.15) is 0 Å². The van der Waals surface area contributed by atoms with Crippen molar-refractivity contribution < 1.29 is 13.6 Å². The first-order chi connectivity index (χ1) is 6.44. The summed E-state index contributed by atoms with van der Waals surface area (Å²) in [4.78, 5) is 12.0. The van der Waals surface area contributed by atoms with Crippen molar-refractivity contribution in [3.05, 3.63) is 5.92 Å². The van der Waals surface area contributed by atoms with Gasteiger partial charge in [0.1, 0.15) is 6.29 Å². The van der Waals surface area contributed by atoms with Crippen molar-refractivity contribution in [1.82, 2.24) is 4.90 Å². The van der Waals surface area contributed by atoms with E-state index in [2.05, 4.69) is 0 Å². The number of nitrogens with zero attached hydrogens (tertiary/aromatic N) is 1. The zero-order valence-corrected chi connectivity index (χ0v) is 8.59. The Morgan fingerprint density at radius 2 is 2.21 bits per heavy atom. The third-order valence-electron chi connectivity index (χ3n) is 2.37. The molecule has 14 heavy (non-hydrogen) atoms. The Labute approximate surface area is 83.3 Å². The molecule has 1 heterocycles. The third-order valence-corrected chi connectivity index (χ3v) is 2.37. The summed E-state index contributed by atoms with van der Waals surface area (Å²) >= 11 is 0. The van der Waals surface area contributed by atoms with E-state index >= 15 is 0 Å². The molecule has 0 bridgehead atoms. The highest BCUT2D eigenvalue weighted by molar-refractivity contribution is 5.50. The standard InChI is InChI=1S/C10H16F2NO/c1-8(2)6-13-7-10(11,12)5-9(13)3-4-14/h4,9H,3,5-7H2,1-2H3. The molecule has 0 saturated carbocycles. The predicted octanol–water partition coefficient (Wildman–Crippen LogP) is 1.90. The average Bonchev–Trinajstić information content (AvgIpc) is 2.25. The summed E-state index contributed by atoms with van der Waals surface area (Å²) in [5.41, 5.74) is 0. The first-order valence-electron chi connectivity index (χ1n) is 4.79. The van der Waals surface area contributed by atoms with Crippen molar-refractivity contribution >= 4 is 6.29 Å². The Morgan fingerprint density at radius 3 is 2.71 bits per heavy atom. The highest BCUT2D eigenvalue weighted by atomic mass is 19.3. The Kier molecular flexibility index (Phi) is 3.59. The fraction of sp³-hybridized carbons (Fsp3) is 0.800. The second kappa shape index (κ2) is 4.34. The molecule has 1 fully saturated rings. The molecular weight excluding hydrogens is 188 g/mol. The van der Waals surface area contributed by atoms with Crippen LogP contribution in [-0.2, 0) is 4.79 Å². The van der Waals surface area contributed by atoms with Gasteiger partial charge in [-0.1, -0.05) is 13.8 Å². The van der Waals surface area contributed by atoms with E-state index in [1.165, 1.54) is 0 Å². The van der Waals surface area contributed by atoms with Crippen LogP contribution in [0, 0.1) is 5.92 Å². The van der Waals surface area contributed by atoms with E-state index in [1.54, 1.807) is 4.90 Å². The molecule has 1 unspecified atom stereocenters. The molecule has 0 N–H and O–H groups in total. The molecule has 0 amide bonds. The number of rotatable bonds is 4. The number of carbonyl (C=O) groups excluding carboxylic acids is 1. The lowest BCUT2D eigenvalue weighted by Gasteiger charge is -2.23. The summed E-state index contributed by atoms with van der Waals surface area (Å²) in [6.45, 7) is 4.17. The van der Waals surface area contributed by atoms with Crippen LogP contribution in [-0.4, -0.2) is 36.2 Å². The van der Waals surface area contributed by atoms with Gasteiger partial charge in [0.15, 0.2) is 0 Å². The highest BCUT2D eigenvalue weighted by Gasteiger charge is 2.44. The molecule has 4 heteroatoms. The van der Waals surface area contributed by atoms with E-state index in [-0.39, 0.29) is 25.4 Å². The molecule has 1 aliphatic rings. The van der Waals surface area contributed by atoms with Crippen LogP contribution >= 0.6 is 0 Å². The molecule has 1 saturated heterocycles. The normalized spacial score (nSPS) is 27.1. The van der Waals surface area contributed by atoms with Crippen molar-refractivity contribution in [1.29, 1.82) is 0 Å². The maximum absolute atomic E-state index is 13.1. The van der Waals surface area contributed by atoms with Crippen molar-refractivity contribution in [3.63, 3.8) is 0 Å². The minimum absolute atomic E-state index is 0.182. The summed E-state index contributed by atoms with van der Waals surface area (Å²) in [7, 11) is 0. The second-order valence-electron chi connectivity index (χ2n) is 4.23. The minimum Gasteiger partial charge on any atom is -0.303 e. The van der Waals surface area contributed by atoms with Crippen molar-refractivity contribution in [2.45, 2.75) is 38.7 Å². The van der Waals surface area contributed by atoms with Gasteiger partial charge in [0, 0.05) is 25.4 Å². The molecule has 2 nitrogen and oxygen atoms in total. The molecule has 0 aromatic rings. The molecular formula is C10H16F2NO. The number of hydrogen-bond acceptors (Lipinski definition) is 2. The average molecular weight is 204 g/mol. The van der Waals surface area contributed by atoms with E-state index in [4.69, 9.17) is 0 Å². The lowest BCUT2D eigenvalue weighted by molar-refractivity contribution is -0.108. The quantitative estimate of drug-likeness (QED) is 0.652. The Bertz CT molecular complexity index is 206. The maximum Gasteiger partial charge on any atom is 0.262 e. The van der Waals surface area contributed by atoms with Crippen molar-refractivity contribution in [3.8, 4) is 0 Å². The second-order valence-corrected chi connectivity index (χ2v) is 4.23. The van der Waals surface area contributed by atoms with Crippen LogP contribution in [0.4, 0.5) is 8.78 Å². The fourth-order valence-electron chi connectivity index (χ4n) is 1.90. The van der Waals surface area contributed by atoms with E-state index in [9.17, 15) is 13.6 Å². The smallest absolute Gasteiger partial charge is 0.262 e.